The summed E-state index contributed by atoms with van der Waals surface area (Å²) in [5, 5.41) is 3.17. The van der Waals surface area contributed by atoms with Crippen molar-refractivity contribution in [2.24, 2.45) is 5.73 Å². The zero-order valence-electron chi connectivity index (χ0n) is 9.12. The van der Waals surface area contributed by atoms with E-state index < -0.39 is 0 Å². The summed E-state index contributed by atoms with van der Waals surface area (Å²) in [5.41, 5.74) is 5.22. The predicted octanol–water partition coefficient (Wildman–Crippen LogP) is -0.0659. The number of primary amides is 1. The average molecular weight is 199 g/mol. The topological polar surface area (TPSA) is 58.4 Å². The fraction of sp³-hybridized carbons (Fsp3) is 0.900. The molecule has 0 saturated heterocycles. The second kappa shape index (κ2) is 5.32. The van der Waals surface area contributed by atoms with E-state index in [9.17, 15) is 4.79 Å². The highest BCUT2D eigenvalue weighted by Gasteiger charge is 2.25. The molecule has 0 aromatic carbocycles. The van der Waals surface area contributed by atoms with Crippen LogP contribution < -0.4 is 11.1 Å². The number of hydrogen-bond donors (Lipinski definition) is 2. The molecule has 1 rings (SSSR count). The van der Waals surface area contributed by atoms with E-state index in [1.54, 1.807) is 0 Å². The monoisotopic (exact) mass is 199 g/mol. The van der Waals surface area contributed by atoms with Gasteiger partial charge in [-0.15, -0.1) is 0 Å². The number of amides is 1. The van der Waals surface area contributed by atoms with E-state index in [1.807, 2.05) is 6.92 Å². The summed E-state index contributed by atoms with van der Waals surface area (Å²) in [7, 11) is 2.13. The second-order valence-electron chi connectivity index (χ2n) is 4.03. The highest BCUT2D eigenvalue weighted by Crippen LogP contribution is 2.24. The maximum Gasteiger partial charge on any atom is 0.234 e. The second-order valence-corrected chi connectivity index (χ2v) is 4.03. The molecule has 4 nitrogen and oxygen atoms in total. The molecule has 1 saturated carbocycles. The number of carbonyl (C=O) groups excluding carboxylic acids is 1. The van der Waals surface area contributed by atoms with Gasteiger partial charge in [-0.1, -0.05) is 6.92 Å². The summed E-state index contributed by atoms with van der Waals surface area (Å²) in [6.45, 7) is 3.80. The van der Waals surface area contributed by atoms with Gasteiger partial charge in [0.2, 0.25) is 5.91 Å². The number of nitrogens with zero attached hydrogens (tertiary/aromatic N) is 1. The summed E-state index contributed by atoms with van der Waals surface area (Å²) >= 11 is 0. The van der Waals surface area contributed by atoms with Crippen LogP contribution in [0.4, 0.5) is 0 Å². The molecule has 0 radical (unpaired) electrons. The van der Waals surface area contributed by atoms with Gasteiger partial charge in [0, 0.05) is 19.1 Å². The first kappa shape index (κ1) is 11.5. The third-order valence-electron chi connectivity index (χ3n) is 2.78. The minimum atomic E-state index is -0.249. The first-order valence-electron chi connectivity index (χ1n) is 5.38. The molecule has 1 fully saturated rings. The summed E-state index contributed by atoms with van der Waals surface area (Å²) in [5.74, 6) is -0.249. The Kier molecular flexibility index (Phi) is 4.35. The zero-order valence-corrected chi connectivity index (χ0v) is 9.12. The van der Waals surface area contributed by atoms with Gasteiger partial charge in [0.1, 0.15) is 0 Å². The number of hydrogen-bond acceptors (Lipinski definition) is 3. The van der Waals surface area contributed by atoms with E-state index in [4.69, 9.17) is 5.73 Å². The molecule has 4 heteroatoms. The molecule has 82 valence electrons. The van der Waals surface area contributed by atoms with E-state index in [0.29, 0.717) is 0 Å². The summed E-state index contributed by atoms with van der Waals surface area (Å²) < 4.78 is 0. The van der Waals surface area contributed by atoms with Crippen molar-refractivity contribution < 1.29 is 4.79 Å². The smallest absolute Gasteiger partial charge is 0.234 e. The number of carbonyl (C=O) groups is 1. The minimum absolute atomic E-state index is 0.164. The largest absolute Gasteiger partial charge is 0.368 e. The summed E-state index contributed by atoms with van der Waals surface area (Å²) in [6.07, 6.45) is 3.41. The van der Waals surface area contributed by atoms with Crippen molar-refractivity contribution in [3.63, 3.8) is 0 Å². The van der Waals surface area contributed by atoms with Crippen molar-refractivity contribution >= 4 is 5.91 Å². The molecule has 1 aliphatic carbocycles. The van der Waals surface area contributed by atoms with Crippen LogP contribution in [0.3, 0.4) is 0 Å². The summed E-state index contributed by atoms with van der Waals surface area (Å²) in [6, 6.07) is 0.619. The maximum absolute atomic E-state index is 10.9. The SMILES string of the molecule is CCC(NCCN(C)C1CC1)C(N)=O. The molecule has 0 bridgehead atoms. The number of rotatable bonds is 7. The fourth-order valence-corrected chi connectivity index (χ4v) is 1.56. The Hall–Kier alpha value is -0.610. The van der Waals surface area contributed by atoms with Crippen molar-refractivity contribution in [2.75, 3.05) is 20.1 Å². The molecule has 1 atom stereocenters. The lowest BCUT2D eigenvalue weighted by molar-refractivity contribution is -0.120. The highest BCUT2D eigenvalue weighted by molar-refractivity contribution is 5.79. The molecule has 0 aliphatic heterocycles. The first-order valence-corrected chi connectivity index (χ1v) is 5.38. The zero-order chi connectivity index (χ0) is 10.6. The van der Waals surface area contributed by atoms with Gasteiger partial charge in [0.05, 0.1) is 6.04 Å². The van der Waals surface area contributed by atoms with Crippen molar-refractivity contribution in [3.8, 4) is 0 Å². The number of likely N-dealkylation sites (N-methyl/N-ethyl adjacent to an activating group) is 1. The molecule has 1 aliphatic rings. The normalized spacial score (nSPS) is 18.5. The lowest BCUT2D eigenvalue weighted by Gasteiger charge is -2.18. The van der Waals surface area contributed by atoms with Crippen LogP contribution in [0.2, 0.25) is 0 Å². The standard InChI is InChI=1S/C10H21N3O/c1-3-9(10(11)14)12-6-7-13(2)8-4-5-8/h8-9,12H,3-7H2,1-2H3,(H2,11,14). The van der Waals surface area contributed by atoms with E-state index in [1.165, 1.54) is 12.8 Å². The van der Waals surface area contributed by atoms with E-state index in [0.717, 1.165) is 25.6 Å². The highest BCUT2D eigenvalue weighted by atomic mass is 16.1. The van der Waals surface area contributed by atoms with E-state index in [2.05, 4.69) is 17.3 Å². The van der Waals surface area contributed by atoms with Crippen LogP contribution in [-0.2, 0) is 4.79 Å². The minimum Gasteiger partial charge on any atom is -0.368 e. The molecule has 0 aromatic rings. The van der Waals surface area contributed by atoms with Crippen LogP contribution in [0.5, 0.6) is 0 Å². The van der Waals surface area contributed by atoms with Crippen molar-refractivity contribution in [2.45, 2.75) is 38.3 Å². The molecular weight excluding hydrogens is 178 g/mol. The van der Waals surface area contributed by atoms with Crippen LogP contribution in [0.15, 0.2) is 0 Å². The quantitative estimate of drug-likeness (QED) is 0.603. The van der Waals surface area contributed by atoms with Crippen LogP contribution >= 0.6 is 0 Å². The molecule has 14 heavy (non-hydrogen) atoms. The van der Waals surface area contributed by atoms with Gasteiger partial charge in [0.15, 0.2) is 0 Å². The molecule has 0 heterocycles. The Labute approximate surface area is 85.8 Å². The lowest BCUT2D eigenvalue weighted by atomic mass is 10.2. The van der Waals surface area contributed by atoms with Crippen molar-refractivity contribution in [1.82, 2.24) is 10.2 Å². The number of nitrogens with two attached hydrogens (primary N) is 1. The van der Waals surface area contributed by atoms with Crippen LogP contribution in [0, 0.1) is 0 Å². The van der Waals surface area contributed by atoms with Gasteiger partial charge in [-0.05, 0) is 26.3 Å². The van der Waals surface area contributed by atoms with Gasteiger partial charge in [0.25, 0.3) is 0 Å². The molecule has 1 amide bonds. The van der Waals surface area contributed by atoms with E-state index >= 15 is 0 Å². The van der Waals surface area contributed by atoms with Crippen molar-refractivity contribution in [1.29, 1.82) is 0 Å². The van der Waals surface area contributed by atoms with Gasteiger partial charge in [-0.2, -0.15) is 0 Å². The maximum atomic E-state index is 10.9. The van der Waals surface area contributed by atoms with Crippen molar-refractivity contribution in [3.05, 3.63) is 0 Å². The van der Waals surface area contributed by atoms with E-state index in [-0.39, 0.29) is 11.9 Å². The molecule has 0 spiro atoms. The Morgan fingerprint density at radius 3 is 2.71 bits per heavy atom. The Morgan fingerprint density at radius 2 is 2.29 bits per heavy atom. The Balaban J connectivity index is 2.09. The Bertz CT molecular complexity index is 192. The first-order chi connectivity index (χ1) is 6.65. The van der Waals surface area contributed by atoms with Gasteiger partial charge in [-0.25, -0.2) is 0 Å². The van der Waals surface area contributed by atoms with Gasteiger partial charge >= 0.3 is 0 Å². The van der Waals surface area contributed by atoms with Crippen LogP contribution in [0.25, 0.3) is 0 Å². The third-order valence-corrected chi connectivity index (χ3v) is 2.78. The van der Waals surface area contributed by atoms with Crippen LogP contribution in [-0.4, -0.2) is 43.0 Å². The third kappa shape index (κ3) is 3.64. The van der Waals surface area contributed by atoms with Crippen LogP contribution in [0.1, 0.15) is 26.2 Å². The number of nitrogens with one attached hydrogen (secondary N) is 1. The lowest BCUT2D eigenvalue weighted by Crippen LogP contribution is -2.43. The molecular formula is C10H21N3O. The fourth-order valence-electron chi connectivity index (χ4n) is 1.56. The predicted molar refractivity (Wildman–Crippen MR) is 56.9 cm³/mol. The average Bonchev–Trinajstić information content (AvgIpc) is 2.94. The van der Waals surface area contributed by atoms with Gasteiger partial charge < -0.3 is 16.0 Å². The molecule has 3 N–H and O–H groups in total. The Morgan fingerprint density at radius 1 is 1.64 bits per heavy atom. The summed E-state index contributed by atoms with van der Waals surface area (Å²) in [4.78, 5) is 13.2. The molecule has 0 aromatic heterocycles. The molecule has 1 unspecified atom stereocenters. The van der Waals surface area contributed by atoms with Gasteiger partial charge in [-0.3, -0.25) is 4.79 Å².